The highest BCUT2D eigenvalue weighted by molar-refractivity contribution is 5.67. The molecule has 0 heterocycles. The molecule has 0 aliphatic heterocycles. The van der Waals surface area contributed by atoms with Crippen molar-refractivity contribution in [2.45, 2.75) is 20.3 Å². The van der Waals surface area contributed by atoms with Gasteiger partial charge in [-0.15, -0.1) is 0 Å². The predicted octanol–water partition coefficient (Wildman–Crippen LogP) is 2.74. The molecule has 4 heteroatoms. The third-order valence-electron chi connectivity index (χ3n) is 1.53. The summed E-state index contributed by atoms with van der Waals surface area (Å²) in [7, 11) is 0. The van der Waals surface area contributed by atoms with Crippen LogP contribution in [0.25, 0.3) is 0 Å². The van der Waals surface area contributed by atoms with E-state index in [4.69, 9.17) is 5.11 Å². The van der Waals surface area contributed by atoms with Crippen LogP contribution in [-0.4, -0.2) is 17.6 Å². The Morgan fingerprint density at radius 1 is 1.40 bits per heavy atom. The number of para-hydroxylation sites is 1. The second kappa shape index (κ2) is 7.79. The minimum atomic E-state index is -0.899. The predicted molar refractivity (Wildman–Crippen MR) is 58.5 cm³/mol. The summed E-state index contributed by atoms with van der Waals surface area (Å²) >= 11 is 0. The molecule has 3 nitrogen and oxygen atoms in total. The van der Waals surface area contributed by atoms with Crippen LogP contribution in [0.15, 0.2) is 24.3 Å². The van der Waals surface area contributed by atoms with Crippen LogP contribution < -0.4 is 5.32 Å². The second-order valence-electron chi connectivity index (χ2n) is 2.55. The number of carbonyl (C=O) groups is 1. The van der Waals surface area contributed by atoms with E-state index in [-0.39, 0.29) is 18.8 Å². The molecule has 84 valence electrons. The zero-order chi connectivity index (χ0) is 11.7. The summed E-state index contributed by atoms with van der Waals surface area (Å²) in [6.45, 7) is 4.23. The Hall–Kier alpha value is -1.58. The first-order valence-corrected chi connectivity index (χ1v) is 4.90. The van der Waals surface area contributed by atoms with Gasteiger partial charge in [-0.3, -0.25) is 4.79 Å². The maximum atomic E-state index is 12.9. The smallest absolute Gasteiger partial charge is 0.305 e. The molecule has 0 aliphatic rings. The highest BCUT2D eigenvalue weighted by atomic mass is 19.1. The summed E-state index contributed by atoms with van der Waals surface area (Å²) < 4.78 is 12.9. The number of carboxylic acids is 1. The molecule has 0 spiro atoms. The maximum Gasteiger partial charge on any atom is 0.305 e. The van der Waals surface area contributed by atoms with Crippen LogP contribution in [0.4, 0.5) is 10.1 Å². The number of carboxylic acid groups (broad SMARTS) is 1. The molecule has 0 aliphatic carbocycles. The first kappa shape index (κ1) is 13.4. The number of hydrogen-bond donors (Lipinski definition) is 2. The van der Waals surface area contributed by atoms with Gasteiger partial charge in [0.25, 0.3) is 0 Å². The molecule has 0 amide bonds. The van der Waals surface area contributed by atoms with E-state index in [0.29, 0.717) is 5.69 Å². The average molecular weight is 213 g/mol. The molecule has 0 aromatic heterocycles. The number of rotatable bonds is 4. The maximum absolute atomic E-state index is 12.9. The van der Waals surface area contributed by atoms with Crippen molar-refractivity contribution < 1.29 is 14.3 Å². The number of aliphatic carboxylic acids is 1. The van der Waals surface area contributed by atoms with Gasteiger partial charge in [0.1, 0.15) is 5.82 Å². The molecule has 0 saturated carbocycles. The van der Waals surface area contributed by atoms with Gasteiger partial charge >= 0.3 is 5.97 Å². The molecule has 1 aromatic rings. The Balaban J connectivity index is 0.000000921. The monoisotopic (exact) mass is 213 g/mol. The van der Waals surface area contributed by atoms with E-state index in [0.717, 1.165) is 0 Å². The van der Waals surface area contributed by atoms with Gasteiger partial charge < -0.3 is 10.4 Å². The molecule has 1 aromatic carbocycles. The van der Waals surface area contributed by atoms with Crippen LogP contribution in [-0.2, 0) is 4.79 Å². The first-order chi connectivity index (χ1) is 7.20. The van der Waals surface area contributed by atoms with E-state index < -0.39 is 5.97 Å². The second-order valence-corrected chi connectivity index (χ2v) is 2.55. The third-order valence-corrected chi connectivity index (χ3v) is 1.53. The largest absolute Gasteiger partial charge is 0.481 e. The lowest BCUT2D eigenvalue weighted by Crippen LogP contribution is -2.08. The zero-order valence-electron chi connectivity index (χ0n) is 8.96. The minimum absolute atomic E-state index is 0.0195. The molecule has 0 bridgehead atoms. The van der Waals surface area contributed by atoms with Crippen molar-refractivity contribution in [1.29, 1.82) is 0 Å². The van der Waals surface area contributed by atoms with Gasteiger partial charge in [0, 0.05) is 6.54 Å². The molecular weight excluding hydrogens is 197 g/mol. The van der Waals surface area contributed by atoms with Crippen LogP contribution in [0.1, 0.15) is 20.3 Å². The SMILES string of the molecule is CC.O=C(O)CCNc1ccccc1F. The number of halogens is 1. The Morgan fingerprint density at radius 3 is 2.53 bits per heavy atom. The van der Waals surface area contributed by atoms with Gasteiger partial charge in [0.2, 0.25) is 0 Å². The molecule has 0 saturated heterocycles. The Kier molecular flexibility index (Phi) is 6.97. The Labute approximate surface area is 88.9 Å². The van der Waals surface area contributed by atoms with Crippen molar-refractivity contribution in [3.63, 3.8) is 0 Å². The molecule has 15 heavy (non-hydrogen) atoms. The molecule has 0 radical (unpaired) electrons. The molecular formula is C11H16FNO2. The van der Waals surface area contributed by atoms with Gasteiger partial charge in [0.05, 0.1) is 12.1 Å². The number of hydrogen-bond acceptors (Lipinski definition) is 2. The van der Waals surface area contributed by atoms with Gasteiger partial charge in [-0.1, -0.05) is 26.0 Å². The first-order valence-electron chi connectivity index (χ1n) is 4.90. The average Bonchev–Trinajstić information content (AvgIpc) is 2.23. The normalized spacial score (nSPS) is 8.73. The Bertz CT molecular complexity index is 302. The highest BCUT2D eigenvalue weighted by Crippen LogP contribution is 2.11. The van der Waals surface area contributed by atoms with Crippen LogP contribution in [0, 0.1) is 5.82 Å². The summed E-state index contributed by atoms with van der Waals surface area (Å²) in [5, 5.41) is 11.0. The van der Waals surface area contributed by atoms with Crippen molar-refractivity contribution in [2.24, 2.45) is 0 Å². The summed E-state index contributed by atoms with van der Waals surface area (Å²) in [4.78, 5) is 10.1. The van der Waals surface area contributed by atoms with Crippen molar-refractivity contribution in [3.8, 4) is 0 Å². The van der Waals surface area contributed by atoms with Crippen LogP contribution >= 0.6 is 0 Å². The number of benzene rings is 1. The van der Waals surface area contributed by atoms with Crippen molar-refractivity contribution in [2.75, 3.05) is 11.9 Å². The minimum Gasteiger partial charge on any atom is -0.481 e. The fourth-order valence-corrected chi connectivity index (χ4v) is 0.909. The summed E-state index contributed by atoms with van der Waals surface area (Å²) in [6, 6.07) is 6.16. The van der Waals surface area contributed by atoms with Gasteiger partial charge in [-0.05, 0) is 12.1 Å². The van der Waals surface area contributed by atoms with Crippen molar-refractivity contribution in [1.82, 2.24) is 0 Å². The summed E-state index contributed by atoms with van der Waals surface area (Å²) in [5.41, 5.74) is 0.337. The number of nitrogens with one attached hydrogen (secondary N) is 1. The topological polar surface area (TPSA) is 49.3 Å². The van der Waals surface area contributed by atoms with E-state index in [2.05, 4.69) is 5.32 Å². The van der Waals surface area contributed by atoms with Gasteiger partial charge in [-0.2, -0.15) is 0 Å². The lowest BCUT2D eigenvalue weighted by atomic mass is 10.3. The fourth-order valence-electron chi connectivity index (χ4n) is 0.909. The van der Waals surface area contributed by atoms with E-state index in [9.17, 15) is 9.18 Å². The van der Waals surface area contributed by atoms with Crippen LogP contribution in [0.2, 0.25) is 0 Å². The lowest BCUT2D eigenvalue weighted by Gasteiger charge is -2.04. The quantitative estimate of drug-likeness (QED) is 0.808. The van der Waals surface area contributed by atoms with Crippen LogP contribution in [0.3, 0.4) is 0 Å². The zero-order valence-corrected chi connectivity index (χ0v) is 8.96. The van der Waals surface area contributed by atoms with E-state index in [1.165, 1.54) is 6.07 Å². The van der Waals surface area contributed by atoms with Crippen molar-refractivity contribution >= 4 is 11.7 Å². The molecule has 1 rings (SSSR count). The van der Waals surface area contributed by atoms with E-state index in [1.54, 1.807) is 18.2 Å². The van der Waals surface area contributed by atoms with E-state index in [1.807, 2.05) is 13.8 Å². The molecule has 0 atom stereocenters. The molecule has 0 unspecified atom stereocenters. The van der Waals surface area contributed by atoms with E-state index >= 15 is 0 Å². The standard InChI is InChI=1S/C9H10FNO2.C2H6/c10-7-3-1-2-4-8(7)11-6-5-9(12)13;1-2/h1-4,11H,5-6H2,(H,12,13);1-2H3. The lowest BCUT2D eigenvalue weighted by molar-refractivity contribution is -0.136. The third kappa shape index (κ3) is 5.67. The summed E-state index contributed by atoms with van der Waals surface area (Å²) in [6.07, 6.45) is -0.0195. The summed E-state index contributed by atoms with van der Waals surface area (Å²) in [5.74, 6) is -1.27. The van der Waals surface area contributed by atoms with Gasteiger partial charge in [0.15, 0.2) is 0 Å². The van der Waals surface area contributed by atoms with Gasteiger partial charge in [-0.25, -0.2) is 4.39 Å². The van der Waals surface area contributed by atoms with Crippen LogP contribution in [0.5, 0.6) is 0 Å². The molecule has 0 fully saturated rings. The number of anilines is 1. The highest BCUT2D eigenvalue weighted by Gasteiger charge is 2.00. The van der Waals surface area contributed by atoms with Crippen molar-refractivity contribution in [3.05, 3.63) is 30.1 Å². The fraction of sp³-hybridized carbons (Fsp3) is 0.364. The Morgan fingerprint density at radius 2 is 2.00 bits per heavy atom. The molecule has 2 N–H and O–H groups in total.